The smallest absolute Gasteiger partial charge is 0.322 e. The van der Waals surface area contributed by atoms with E-state index >= 15 is 0 Å². The molecule has 0 bridgehead atoms. The van der Waals surface area contributed by atoms with E-state index in [1.165, 1.54) is 0 Å². The summed E-state index contributed by atoms with van der Waals surface area (Å²) in [4.78, 5) is 3.16. The second-order valence-corrected chi connectivity index (χ2v) is 1.63. The number of alkyl halides is 2. The summed E-state index contributed by atoms with van der Waals surface area (Å²) in [5, 5.41) is 3.02. The van der Waals surface area contributed by atoms with Gasteiger partial charge in [0.2, 0.25) is 0 Å². The lowest BCUT2D eigenvalue weighted by atomic mass is 10.4. The Kier molecular flexibility index (Phi) is 1.19. The van der Waals surface area contributed by atoms with Crippen molar-refractivity contribution in [3.8, 4) is 0 Å². The van der Waals surface area contributed by atoms with Gasteiger partial charge in [-0.25, -0.2) is 0 Å². The van der Waals surface area contributed by atoms with Gasteiger partial charge < -0.3 is 4.52 Å². The van der Waals surface area contributed by atoms with Crippen molar-refractivity contribution in [2.24, 2.45) is 0 Å². The highest BCUT2D eigenvalue weighted by molar-refractivity contribution is 4.83. The van der Waals surface area contributed by atoms with E-state index in [2.05, 4.69) is 14.7 Å². The van der Waals surface area contributed by atoms with Crippen molar-refractivity contribution in [2.45, 2.75) is 12.8 Å². The van der Waals surface area contributed by atoms with Gasteiger partial charge in [-0.15, -0.1) is 0 Å². The van der Waals surface area contributed by atoms with E-state index in [-0.39, 0.29) is 0 Å². The molecule has 0 aliphatic carbocycles. The molecule has 9 heavy (non-hydrogen) atoms. The quantitative estimate of drug-likeness (QED) is 0.578. The Morgan fingerprint density at radius 2 is 2.33 bits per heavy atom. The van der Waals surface area contributed by atoms with Gasteiger partial charge in [0.25, 0.3) is 5.89 Å². The number of halogens is 2. The number of hydrogen-bond acceptors (Lipinski definition) is 3. The van der Waals surface area contributed by atoms with Gasteiger partial charge in [-0.1, -0.05) is 5.16 Å². The van der Waals surface area contributed by atoms with Crippen LogP contribution < -0.4 is 0 Å². The average molecular weight is 134 g/mol. The lowest BCUT2D eigenvalue weighted by Gasteiger charge is -2.00. The van der Waals surface area contributed by atoms with Gasteiger partial charge in [-0.2, -0.15) is 13.8 Å². The van der Waals surface area contributed by atoms with Crippen LogP contribution in [0, 0.1) is 0 Å². The number of nitrogens with zero attached hydrogens (tertiary/aromatic N) is 2. The summed E-state index contributed by atoms with van der Waals surface area (Å²) in [5.41, 5.74) is 0. The molecule has 0 aliphatic rings. The van der Waals surface area contributed by atoms with Crippen LogP contribution in [0.1, 0.15) is 12.8 Å². The monoisotopic (exact) mass is 134 g/mol. The molecule has 0 amide bonds. The molecule has 0 N–H and O–H groups in total. The Labute approximate surface area is 49.7 Å². The average Bonchev–Trinajstić information content (AvgIpc) is 2.08. The Balaban J connectivity index is 2.90. The predicted molar refractivity (Wildman–Crippen MR) is 23.9 cm³/mol. The maximum atomic E-state index is 12.1. The van der Waals surface area contributed by atoms with Gasteiger partial charge in [0.1, 0.15) is 0 Å². The van der Waals surface area contributed by atoms with Crippen molar-refractivity contribution in [3.05, 3.63) is 12.2 Å². The van der Waals surface area contributed by atoms with Crippen LogP contribution in [0.3, 0.4) is 0 Å². The first-order valence-corrected chi connectivity index (χ1v) is 2.25. The third-order valence-corrected chi connectivity index (χ3v) is 0.737. The van der Waals surface area contributed by atoms with E-state index in [0.29, 0.717) is 6.92 Å². The number of rotatable bonds is 1. The fourth-order valence-corrected chi connectivity index (χ4v) is 0.367. The SMILES string of the molecule is CC(F)(F)c1ncno1. The highest BCUT2D eigenvalue weighted by Crippen LogP contribution is 2.23. The first-order valence-electron chi connectivity index (χ1n) is 2.25. The van der Waals surface area contributed by atoms with E-state index in [4.69, 9.17) is 0 Å². The Hall–Kier alpha value is -1.00. The van der Waals surface area contributed by atoms with Crippen LogP contribution >= 0.6 is 0 Å². The molecule has 1 heterocycles. The first-order chi connectivity index (χ1) is 4.11. The molecule has 1 rings (SSSR count). The zero-order valence-corrected chi connectivity index (χ0v) is 4.64. The van der Waals surface area contributed by atoms with Gasteiger partial charge in [0.15, 0.2) is 6.33 Å². The lowest BCUT2D eigenvalue weighted by molar-refractivity contribution is -0.0158. The Bertz CT molecular complexity index is 179. The highest BCUT2D eigenvalue weighted by Gasteiger charge is 2.30. The molecule has 5 heteroatoms. The highest BCUT2D eigenvalue weighted by atomic mass is 19.3. The van der Waals surface area contributed by atoms with Gasteiger partial charge in [0.05, 0.1) is 0 Å². The fourth-order valence-electron chi connectivity index (χ4n) is 0.367. The molecule has 0 unspecified atom stereocenters. The van der Waals surface area contributed by atoms with Crippen LogP contribution in [-0.2, 0) is 5.92 Å². The van der Waals surface area contributed by atoms with Crippen LogP contribution in [0.15, 0.2) is 10.9 Å². The second-order valence-electron chi connectivity index (χ2n) is 1.63. The van der Waals surface area contributed by atoms with Crippen LogP contribution in [0.2, 0.25) is 0 Å². The summed E-state index contributed by atoms with van der Waals surface area (Å²) in [5.74, 6) is -3.67. The van der Waals surface area contributed by atoms with Crippen molar-refractivity contribution >= 4 is 0 Å². The molecule has 0 fully saturated rings. The number of aromatic nitrogens is 2. The van der Waals surface area contributed by atoms with Gasteiger partial charge in [-0.05, 0) is 0 Å². The molecule has 0 saturated carbocycles. The largest absolute Gasteiger partial charge is 0.333 e. The molecular formula is C4H4F2N2O. The minimum atomic E-state index is -3.02. The van der Waals surface area contributed by atoms with E-state index in [1.807, 2.05) is 0 Å². The van der Waals surface area contributed by atoms with Crippen molar-refractivity contribution in [2.75, 3.05) is 0 Å². The number of hydrogen-bond donors (Lipinski definition) is 0. The van der Waals surface area contributed by atoms with E-state index in [9.17, 15) is 8.78 Å². The Morgan fingerprint density at radius 1 is 1.67 bits per heavy atom. The molecule has 0 aliphatic heterocycles. The Morgan fingerprint density at radius 3 is 2.56 bits per heavy atom. The third-order valence-electron chi connectivity index (χ3n) is 0.737. The maximum Gasteiger partial charge on any atom is 0.322 e. The molecule has 0 radical (unpaired) electrons. The summed E-state index contributed by atoms with van der Waals surface area (Å²) in [6.07, 6.45) is 0.937. The van der Waals surface area contributed by atoms with Crippen molar-refractivity contribution in [1.82, 2.24) is 10.1 Å². The predicted octanol–water partition coefficient (Wildman–Crippen LogP) is 1.18. The van der Waals surface area contributed by atoms with Crippen molar-refractivity contribution in [1.29, 1.82) is 0 Å². The summed E-state index contributed by atoms with van der Waals surface area (Å²) in [7, 11) is 0. The molecular weight excluding hydrogens is 130 g/mol. The summed E-state index contributed by atoms with van der Waals surface area (Å²) >= 11 is 0. The molecule has 50 valence electrons. The van der Waals surface area contributed by atoms with Gasteiger partial charge in [0, 0.05) is 6.92 Å². The molecule has 1 aromatic heterocycles. The minimum Gasteiger partial charge on any atom is -0.333 e. The summed E-state index contributed by atoms with van der Waals surface area (Å²) in [6, 6.07) is 0. The van der Waals surface area contributed by atoms with Crippen LogP contribution in [0.25, 0.3) is 0 Å². The van der Waals surface area contributed by atoms with Gasteiger partial charge in [-0.3, -0.25) is 0 Å². The van der Waals surface area contributed by atoms with E-state index < -0.39 is 11.8 Å². The molecule has 3 nitrogen and oxygen atoms in total. The molecule has 0 spiro atoms. The summed E-state index contributed by atoms with van der Waals surface area (Å²) in [6.45, 7) is 0.695. The van der Waals surface area contributed by atoms with Crippen molar-refractivity contribution in [3.63, 3.8) is 0 Å². The zero-order chi connectivity index (χ0) is 6.91. The lowest BCUT2D eigenvalue weighted by Crippen LogP contribution is -2.06. The minimum absolute atomic E-state index is 0.650. The molecule has 0 saturated heterocycles. The second kappa shape index (κ2) is 1.75. The fraction of sp³-hybridized carbons (Fsp3) is 0.500. The van der Waals surface area contributed by atoms with Gasteiger partial charge >= 0.3 is 5.92 Å². The van der Waals surface area contributed by atoms with Crippen LogP contribution in [-0.4, -0.2) is 10.1 Å². The first kappa shape index (κ1) is 6.12. The van der Waals surface area contributed by atoms with E-state index in [0.717, 1.165) is 6.33 Å². The molecule has 0 aromatic carbocycles. The van der Waals surface area contributed by atoms with Crippen LogP contribution in [0.4, 0.5) is 8.78 Å². The third kappa shape index (κ3) is 1.22. The molecule has 0 atom stereocenters. The standard InChI is InChI=1S/C4H4F2N2O/c1-4(5,6)3-7-2-8-9-3/h2H,1H3. The maximum absolute atomic E-state index is 12.1. The topological polar surface area (TPSA) is 38.9 Å². The molecule has 1 aromatic rings. The summed E-state index contributed by atoms with van der Waals surface area (Å²) < 4.78 is 28.3. The van der Waals surface area contributed by atoms with Crippen molar-refractivity contribution < 1.29 is 13.3 Å². The zero-order valence-electron chi connectivity index (χ0n) is 4.64. The van der Waals surface area contributed by atoms with E-state index in [1.54, 1.807) is 0 Å². The van der Waals surface area contributed by atoms with Crippen LogP contribution in [0.5, 0.6) is 0 Å². The normalized spacial score (nSPS) is 11.9.